The van der Waals surface area contributed by atoms with E-state index in [1.807, 2.05) is 25.1 Å². The average Bonchev–Trinajstić information content (AvgIpc) is 2.63. The highest BCUT2D eigenvalue weighted by atomic mass is 79.9. The van der Waals surface area contributed by atoms with Gasteiger partial charge in [-0.05, 0) is 30.7 Å². The second kappa shape index (κ2) is 4.16. The maximum absolute atomic E-state index is 5.57. The van der Waals surface area contributed by atoms with Gasteiger partial charge in [-0.15, -0.1) is 0 Å². The molecule has 0 saturated carbocycles. The number of benzene rings is 1. The van der Waals surface area contributed by atoms with Crippen LogP contribution >= 0.6 is 15.9 Å². The molecule has 1 heterocycles. The van der Waals surface area contributed by atoms with Gasteiger partial charge < -0.3 is 10.2 Å². The Morgan fingerprint density at radius 3 is 2.87 bits per heavy atom. The van der Waals surface area contributed by atoms with Crippen LogP contribution in [0.1, 0.15) is 11.3 Å². The molecule has 78 valence electrons. The molecule has 0 aliphatic rings. The molecule has 3 nitrogen and oxygen atoms in total. The molecule has 0 bridgehead atoms. The first-order valence-electron chi connectivity index (χ1n) is 4.60. The van der Waals surface area contributed by atoms with Gasteiger partial charge in [0.2, 0.25) is 0 Å². The molecule has 2 rings (SSSR count). The molecule has 0 aliphatic carbocycles. The van der Waals surface area contributed by atoms with Gasteiger partial charge in [0.05, 0.1) is 0 Å². The van der Waals surface area contributed by atoms with Crippen molar-refractivity contribution in [2.45, 2.75) is 13.5 Å². The SMILES string of the molecule is Cc1cc(Br)cc(-c2ocnc2CN)c1. The second-order valence-electron chi connectivity index (χ2n) is 3.35. The molecule has 0 saturated heterocycles. The summed E-state index contributed by atoms with van der Waals surface area (Å²) in [6, 6.07) is 6.08. The number of rotatable bonds is 2. The molecule has 0 spiro atoms. The van der Waals surface area contributed by atoms with Crippen LogP contribution in [0.3, 0.4) is 0 Å². The Morgan fingerprint density at radius 1 is 1.40 bits per heavy atom. The Morgan fingerprint density at radius 2 is 2.20 bits per heavy atom. The maximum Gasteiger partial charge on any atom is 0.181 e. The summed E-state index contributed by atoms with van der Waals surface area (Å²) < 4.78 is 6.36. The first-order chi connectivity index (χ1) is 7.20. The van der Waals surface area contributed by atoms with Gasteiger partial charge in [-0.1, -0.05) is 15.9 Å². The molecule has 1 aromatic heterocycles. The predicted molar refractivity (Wildman–Crippen MR) is 62.3 cm³/mol. The molecule has 0 amide bonds. The fourth-order valence-electron chi connectivity index (χ4n) is 1.52. The minimum atomic E-state index is 0.386. The van der Waals surface area contributed by atoms with Gasteiger partial charge in [0, 0.05) is 16.6 Å². The summed E-state index contributed by atoms with van der Waals surface area (Å²) in [4.78, 5) is 4.06. The van der Waals surface area contributed by atoms with E-state index in [1.165, 1.54) is 12.0 Å². The summed E-state index contributed by atoms with van der Waals surface area (Å²) in [5, 5.41) is 0. The van der Waals surface area contributed by atoms with E-state index in [2.05, 4.69) is 20.9 Å². The number of aryl methyl sites for hydroxylation is 1. The van der Waals surface area contributed by atoms with Gasteiger partial charge in [-0.2, -0.15) is 0 Å². The van der Waals surface area contributed by atoms with E-state index in [1.54, 1.807) is 0 Å². The van der Waals surface area contributed by atoms with Crippen molar-refractivity contribution in [3.8, 4) is 11.3 Å². The van der Waals surface area contributed by atoms with Crippen molar-refractivity contribution >= 4 is 15.9 Å². The zero-order valence-electron chi connectivity index (χ0n) is 8.33. The lowest BCUT2D eigenvalue weighted by molar-refractivity contribution is 0.571. The zero-order valence-corrected chi connectivity index (χ0v) is 9.91. The molecule has 4 heteroatoms. The molecule has 2 aromatic rings. The summed E-state index contributed by atoms with van der Waals surface area (Å²) in [6.07, 6.45) is 1.42. The standard InChI is InChI=1S/C11H11BrN2O/c1-7-2-8(4-9(12)3-7)11-10(5-13)14-6-15-11/h2-4,6H,5,13H2,1H3. The summed E-state index contributed by atoms with van der Waals surface area (Å²) in [5.41, 5.74) is 8.52. The average molecular weight is 267 g/mol. The van der Waals surface area contributed by atoms with E-state index in [4.69, 9.17) is 10.2 Å². The van der Waals surface area contributed by atoms with E-state index in [9.17, 15) is 0 Å². The molecule has 0 unspecified atom stereocenters. The monoisotopic (exact) mass is 266 g/mol. The number of oxazole rings is 1. The van der Waals surface area contributed by atoms with Crippen LogP contribution in [-0.4, -0.2) is 4.98 Å². The smallest absolute Gasteiger partial charge is 0.181 e. The fourth-order valence-corrected chi connectivity index (χ4v) is 2.12. The van der Waals surface area contributed by atoms with Crippen molar-refractivity contribution in [1.29, 1.82) is 0 Å². The van der Waals surface area contributed by atoms with Crippen molar-refractivity contribution in [2.24, 2.45) is 5.73 Å². The number of nitrogens with zero attached hydrogens (tertiary/aromatic N) is 1. The van der Waals surface area contributed by atoms with E-state index in [0.29, 0.717) is 6.54 Å². The number of hydrogen-bond donors (Lipinski definition) is 1. The van der Waals surface area contributed by atoms with Crippen molar-refractivity contribution < 1.29 is 4.42 Å². The minimum Gasteiger partial charge on any atom is -0.443 e. The lowest BCUT2D eigenvalue weighted by Crippen LogP contribution is -1.98. The number of nitrogens with two attached hydrogens (primary N) is 1. The largest absolute Gasteiger partial charge is 0.443 e. The molecule has 0 fully saturated rings. The van der Waals surface area contributed by atoms with E-state index in [0.717, 1.165) is 21.5 Å². The minimum absolute atomic E-state index is 0.386. The van der Waals surface area contributed by atoms with Crippen molar-refractivity contribution in [3.05, 3.63) is 40.3 Å². The zero-order chi connectivity index (χ0) is 10.8. The van der Waals surface area contributed by atoms with Crippen molar-refractivity contribution in [1.82, 2.24) is 4.98 Å². The van der Waals surface area contributed by atoms with Gasteiger partial charge in [-0.25, -0.2) is 4.98 Å². The summed E-state index contributed by atoms with van der Waals surface area (Å²) in [7, 11) is 0. The van der Waals surface area contributed by atoms with Crippen LogP contribution in [0.15, 0.2) is 33.5 Å². The van der Waals surface area contributed by atoms with Crippen LogP contribution in [0.2, 0.25) is 0 Å². The topological polar surface area (TPSA) is 52.0 Å². The lowest BCUT2D eigenvalue weighted by Gasteiger charge is -2.02. The molecule has 0 aliphatic heterocycles. The van der Waals surface area contributed by atoms with Gasteiger partial charge >= 0.3 is 0 Å². The Kier molecular flexibility index (Phi) is 2.88. The quantitative estimate of drug-likeness (QED) is 0.910. The third-order valence-electron chi connectivity index (χ3n) is 2.14. The van der Waals surface area contributed by atoms with Gasteiger partial charge in [0.1, 0.15) is 5.69 Å². The van der Waals surface area contributed by atoms with Crippen molar-refractivity contribution in [3.63, 3.8) is 0 Å². The van der Waals surface area contributed by atoms with Crippen molar-refractivity contribution in [2.75, 3.05) is 0 Å². The molecule has 0 atom stereocenters. The Bertz CT molecular complexity index is 459. The predicted octanol–water partition coefficient (Wildman–Crippen LogP) is 2.87. The van der Waals surface area contributed by atoms with E-state index >= 15 is 0 Å². The lowest BCUT2D eigenvalue weighted by atomic mass is 10.1. The third-order valence-corrected chi connectivity index (χ3v) is 2.60. The Labute approximate surface area is 96.4 Å². The van der Waals surface area contributed by atoms with Crippen LogP contribution in [0.25, 0.3) is 11.3 Å². The summed E-state index contributed by atoms with van der Waals surface area (Å²) >= 11 is 3.45. The van der Waals surface area contributed by atoms with Gasteiger partial charge in [-0.3, -0.25) is 0 Å². The first-order valence-corrected chi connectivity index (χ1v) is 5.40. The van der Waals surface area contributed by atoms with Crippen LogP contribution in [-0.2, 0) is 6.54 Å². The number of hydrogen-bond acceptors (Lipinski definition) is 3. The van der Waals surface area contributed by atoms with Crippen LogP contribution in [0.4, 0.5) is 0 Å². The highest BCUT2D eigenvalue weighted by molar-refractivity contribution is 9.10. The third kappa shape index (κ3) is 2.11. The van der Waals surface area contributed by atoms with Crippen LogP contribution in [0, 0.1) is 6.92 Å². The van der Waals surface area contributed by atoms with Crippen LogP contribution in [0.5, 0.6) is 0 Å². The highest BCUT2D eigenvalue weighted by Gasteiger charge is 2.09. The molecule has 2 N–H and O–H groups in total. The van der Waals surface area contributed by atoms with Gasteiger partial charge in [0.25, 0.3) is 0 Å². The van der Waals surface area contributed by atoms with Crippen LogP contribution < -0.4 is 5.73 Å². The second-order valence-corrected chi connectivity index (χ2v) is 4.27. The molecule has 0 radical (unpaired) electrons. The first kappa shape index (κ1) is 10.4. The Balaban J connectivity index is 2.53. The normalized spacial score (nSPS) is 10.6. The summed E-state index contributed by atoms with van der Waals surface area (Å²) in [6.45, 7) is 2.42. The van der Waals surface area contributed by atoms with E-state index < -0.39 is 0 Å². The number of halogens is 1. The molecule has 15 heavy (non-hydrogen) atoms. The van der Waals surface area contributed by atoms with E-state index in [-0.39, 0.29) is 0 Å². The fraction of sp³-hybridized carbons (Fsp3) is 0.182. The molecule has 1 aromatic carbocycles. The number of aromatic nitrogens is 1. The summed E-state index contributed by atoms with van der Waals surface area (Å²) in [5.74, 6) is 0.752. The molecular formula is C11H11BrN2O. The van der Waals surface area contributed by atoms with Gasteiger partial charge in [0.15, 0.2) is 12.2 Å². The maximum atomic E-state index is 5.57. The molecular weight excluding hydrogens is 256 g/mol. The Hall–Kier alpha value is -1.13. The highest BCUT2D eigenvalue weighted by Crippen LogP contribution is 2.27.